The fourth-order valence-electron chi connectivity index (χ4n) is 2.14. The lowest BCUT2D eigenvalue weighted by Crippen LogP contribution is -2.47. The number of thiazole rings is 1. The van der Waals surface area contributed by atoms with E-state index in [2.05, 4.69) is 22.5 Å². The van der Waals surface area contributed by atoms with E-state index < -0.39 is 0 Å². The van der Waals surface area contributed by atoms with Gasteiger partial charge in [-0.05, 0) is 33.2 Å². The van der Waals surface area contributed by atoms with Crippen LogP contribution in [-0.2, 0) is 11.2 Å². The highest BCUT2D eigenvalue weighted by molar-refractivity contribution is 7.11. The molecule has 1 aliphatic heterocycles. The van der Waals surface area contributed by atoms with E-state index in [1.807, 2.05) is 6.92 Å². The van der Waals surface area contributed by atoms with E-state index in [0.29, 0.717) is 6.54 Å². The first-order valence-electron chi connectivity index (χ1n) is 6.61. The first-order chi connectivity index (χ1) is 8.66. The summed E-state index contributed by atoms with van der Waals surface area (Å²) in [5.74, 6) is 0.139. The average molecular weight is 340 g/mol. The van der Waals surface area contributed by atoms with Crippen molar-refractivity contribution in [1.82, 2.24) is 15.6 Å². The summed E-state index contributed by atoms with van der Waals surface area (Å²) in [6.07, 6.45) is 4.12. The minimum absolute atomic E-state index is 0. The molecule has 0 radical (unpaired) electrons. The fourth-order valence-corrected chi connectivity index (χ4v) is 3.07. The van der Waals surface area contributed by atoms with Crippen LogP contribution in [0.15, 0.2) is 0 Å². The van der Waals surface area contributed by atoms with Crippen LogP contribution in [0.4, 0.5) is 0 Å². The predicted octanol–water partition coefficient (Wildman–Crippen LogP) is 2.40. The molecule has 1 aliphatic rings. The number of amides is 1. The average Bonchev–Trinajstić information content (AvgIpc) is 2.69. The third-order valence-corrected chi connectivity index (χ3v) is 4.47. The lowest BCUT2D eigenvalue weighted by molar-refractivity contribution is -0.123. The molecule has 2 N–H and O–H groups in total. The summed E-state index contributed by atoms with van der Waals surface area (Å²) in [5, 5.41) is 7.36. The Morgan fingerprint density at radius 3 is 2.70 bits per heavy atom. The Morgan fingerprint density at radius 2 is 2.15 bits per heavy atom. The van der Waals surface area contributed by atoms with Gasteiger partial charge in [-0.2, -0.15) is 0 Å². The molecule has 2 heterocycles. The molecule has 20 heavy (non-hydrogen) atoms. The van der Waals surface area contributed by atoms with Crippen molar-refractivity contribution in [2.75, 3.05) is 13.1 Å². The van der Waals surface area contributed by atoms with Crippen molar-refractivity contribution in [2.45, 2.75) is 45.6 Å². The smallest absolute Gasteiger partial charge is 0.237 e. The number of hydrogen-bond donors (Lipinski definition) is 2. The Labute approximate surface area is 137 Å². The van der Waals surface area contributed by atoms with E-state index in [-0.39, 0.29) is 36.8 Å². The maximum absolute atomic E-state index is 11.9. The molecular weight excluding hydrogens is 317 g/mol. The molecule has 116 valence electrons. The number of hydrogen-bond acceptors (Lipinski definition) is 4. The molecule has 7 heteroatoms. The zero-order valence-electron chi connectivity index (χ0n) is 11.9. The van der Waals surface area contributed by atoms with Gasteiger partial charge in [-0.3, -0.25) is 4.79 Å². The van der Waals surface area contributed by atoms with Crippen LogP contribution >= 0.6 is 36.2 Å². The molecule has 0 aromatic carbocycles. The van der Waals surface area contributed by atoms with E-state index in [9.17, 15) is 4.79 Å². The van der Waals surface area contributed by atoms with E-state index in [1.54, 1.807) is 11.3 Å². The molecular formula is C13H23Cl2N3OS. The zero-order chi connectivity index (χ0) is 13.0. The van der Waals surface area contributed by atoms with Crippen LogP contribution in [0.25, 0.3) is 0 Å². The maximum Gasteiger partial charge on any atom is 0.237 e. The lowest BCUT2D eigenvalue weighted by Gasteiger charge is -2.22. The SMILES string of the molecule is Cc1nc(CCNC(=O)[C@H]2CCCCN2)sc1C.Cl.Cl. The molecule has 1 aromatic rings. The highest BCUT2D eigenvalue weighted by Gasteiger charge is 2.19. The summed E-state index contributed by atoms with van der Waals surface area (Å²) in [6, 6.07) is 0.0125. The first-order valence-corrected chi connectivity index (χ1v) is 7.42. The molecule has 1 fully saturated rings. The third-order valence-electron chi connectivity index (χ3n) is 3.34. The molecule has 1 saturated heterocycles. The van der Waals surface area contributed by atoms with Crippen LogP contribution < -0.4 is 10.6 Å². The molecule has 1 aromatic heterocycles. The zero-order valence-corrected chi connectivity index (χ0v) is 14.3. The predicted molar refractivity (Wildman–Crippen MR) is 88.4 cm³/mol. The van der Waals surface area contributed by atoms with Crippen molar-refractivity contribution in [3.05, 3.63) is 15.6 Å². The van der Waals surface area contributed by atoms with Gasteiger partial charge in [0.15, 0.2) is 0 Å². The fraction of sp³-hybridized carbons (Fsp3) is 0.692. The second kappa shape index (κ2) is 9.55. The number of nitrogens with one attached hydrogen (secondary N) is 2. The lowest BCUT2D eigenvalue weighted by atomic mass is 10.0. The van der Waals surface area contributed by atoms with Crippen molar-refractivity contribution < 1.29 is 4.79 Å². The van der Waals surface area contributed by atoms with Gasteiger partial charge in [0, 0.05) is 17.8 Å². The van der Waals surface area contributed by atoms with Crippen molar-refractivity contribution in [3.63, 3.8) is 0 Å². The second-order valence-corrected chi connectivity index (χ2v) is 6.08. The van der Waals surface area contributed by atoms with Gasteiger partial charge in [0.05, 0.1) is 16.7 Å². The maximum atomic E-state index is 11.9. The minimum Gasteiger partial charge on any atom is -0.354 e. The Balaban J connectivity index is 0.00000180. The topological polar surface area (TPSA) is 54.0 Å². The Bertz CT molecular complexity index is 400. The quantitative estimate of drug-likeness (QED) is 0.885. The van der Waals surface area contributed by atoms with Crippen molar-refractivity contribution >= 4 is 42.1 Å². The van der Waals surface area contributed by atoms with E-state index >= 15 is 0 Å². The van der Waals surface area contributed by atoms with Gasteiger partial charge >= 0.3 is 0 Å². The van der Waals surface area contributed by atoms with E-state index in [0.717, 1.165) is 36.5 Å². The molecule has 1 amide bonds. The van der Waals surface area contributed by atoms with Crippen LogP contribution in [-0.4, -0.2) is 30.0 Å². The largest absolute Gasteiger partial charge is 0.354 e. The van der Waals surface area contributed by atoms with Gasteiger partial charge in [0.25, 0.3) is 0 Å². The molecule has 4 nitrogen and oxygen atoms in total. The summed E-state index contributed by atoms with van der Waals surface area (Å²) >= 11 is 1.72. The number of nitrogens with zero attached hydrogens (tertiary/aromatic N) is 1. The Morgan fingerprint density at radius 1 is 1.40 bits per heavy atom. The number of aryl methyl sites for hydroxylation is 2. The monoisotopic (exact) mass is 339 g/mol. The van der Waals surface area contributed by atoms with Crippen LogP contribution in [0.2, 0.25) is 0 Å². The second-order valence-electron chi connectivity index (χ2n) is 4.79. The molecule has 0 spiro atoms. The standard InChI is InChI=1S/C13H21N3OS.2ClH/c1-9-10(2)18-12(16-9)6-8-15-13(17)11-5-3-4-7-14-11;;/h11,14H,3-8H2,1-2H3,(H,15,17);2*1H/t11-;;/m1../s1. The normalized spacial score (nSPS) is 17.8. The number of piperidine rings is 1. The van der Waals surface area contributed by atoms with Crippen LogP contribution in [0.1, 0.15) is 34.8 Å². The minimum atomic E-state index is 0. The first kappa shape index (κ1) is 19.6. The van der Waals surface area contributed by atoms with E-state index in [1.165, 1.54) is 11.3 Å². The van der Waals surface area contributed by atoms with Crippen molar-refractivity contribution in [2.24, 2.45) is 0 Å². The number of aromatic nitrogens is 1. The highest BCUT2D eigenvalue weighted by Crippen LogP contribution is 2.16. The van der Waals surface area contributed by atoms with Crippen molar-refractivity contribution in [3.8, 4) is 0 Å². The van der Waals surface area contributed by atoms with Gasteiger partial charge in [-0.15, -0.1) is 36.2 Å². The summed E-state index contributed by atoms with van der Waals surface area (Å²) in [5.41, 5.74) is 1.11. The highest BCUT2D eigenvalue weighted by atomic mass is 35.5. The van der Waals surface area contributed by atoms with Crippen LogP contribution in [0, 0.1) is 13.8 Å². The van der Waals surface area contributed by atoms with Crippen LogP contribution in [0.5, 0.6) is 0 Å². The third kappa shape index (κ3) is 5.56. The number of carbonyl (C=O) groups is 1. The summed E-state index contributed by atoms with van der Waals surface area (Å²) in [6.45, 7) is 5.76. The number of carbonyl (C=O) groups excluding carboxylic acids is 1. The molecule has 0 bridgehead atoms. The number of rotatable bonds is 4. The van der Waals surface area contributed by atoms with Crippen molar-refractivity contribution in [1.29, 1.82) is 0 Å². The molecule has 0 aliphatic carbocycles. The van der Waals surface area contributed by atoms with Crippen LogP contribution in [0.3, 0.4) is 0 Å². The van der Waals surface area contributed by atoms with Gasteiger partial charge in [-0.1, -0.05) is 6.42 Å². The van der Waals surface area contributed by atoms with E-state index in [4.69, 9.17) is 0 Å². The molecule has 1 atom stereocenters. The molecule has 0 saturated carbocycles. The van der Waals surface area contributed by atoms with Gasteiger partial charge in [0.2, 0.25) is 5.91 Å². The summed E-state index contributed by atoms with van der Waals surface area (Å²) < 4.78 is 0. The summed E-state index contributed by atoms with van der Waals surface area (Å²) in [4.78, 5) is 17.6. The Hall–Kier alpha value is -0.360. The summed E-state index contributed by atoms with van der Waals surface area (Å²) in [7, 11) is 0. The molecule has 2 rings (SSSR count). The number of halogens is 2. The van der Waals surface area contributed by atoms with Gasteiger partial charge in [0.1, 0.15) is 0 Å². The molecule has 0 unspecified atom stereocenters. The van der Waals surface area contributed by atoms with Gasteiger partial charge in [-0.25, -0.2) is 4.98 Å². The Kier molecular flexibility index (Phi) is 9.38. The van der Waals surface area contributed by atoms with Gasteiger partial charge < -0.3 is 10.6 Å².